The van der Waals surface area contributed by atoms with E-state index < -0.39 is 0 Å². The van der Waals surface area contributed by atoms with Crippen LogP contribution in [-0.4, -0.2) is 19.8 Å². The van der Waals surface area contributed by atoms with E-state index >= 15 is 0 Å². The molecule has 0 amide bonds. The fraction of sp³-hybridized carbons (Fsp3) is 0.600. The highest BCUT2D eigenvalue weighted by Crippen LogP contribution is 2.18. The molecule has 2 heteroatoms. The molecule has 0 saturated carbocycles. The average molecular weight is 233 g/mol. The SMILES string of the molecule is Cc1ccccc1C(C)NCCC1CCOC1. The highest BCUT2D eigenvalue weighted by atomic mass is 16.5. The summed E-state index contributed by atoms with van der Waals surface area (Å²) in [6.45, 7) is 7.42. The topological polar surface area (TPSA) is 21.3 Å². The molecule has 1 aliphatic rings. The molecule has 2 nitrogen and oxygen atoms in total. The summed E-state index contributed by atoms with van der Waals surface area (Å²) in [6.07, 6.45) is 2.47. The molecule has 1 heterocycles. The first-order valence-corrected chi connectivity index (χ1v) is 6.64. The molecular formula is C15H23NO. The van der Waals surface area contributed by atoms with Crippen molar-refractivity contribution < 1.29 is 4.74 Å². The Hall–Kier alpha value is -0.860. The van der Waals surface area contributed by atoms with E-state index in [1.54, 1.807) is 0 Å². The highest BCUT2D eigenvalue weighted by molar-refractivity contribution is 5.28. The van der Waals surface area contributed by atoms with Crippen molar-refractivity contribution in [1.29, 1.82) is 0 Å². The summed E-state index contributed by atoms with van der Waals surface area (Å²) in [5.41, 5.74) is 2.78. The molecule has 1 N–H and O–H groups in total. The highest BCUT2D eigenvalue weighted by Gasteiger charge is 2.15. The number of hydrogen-bond donors (Lipinski definition) is 1. The smallest absolute Gasteiger partial charge is 0.0495 e. The molecule has 1 aromatic carbocycles. The molecule has 0 bridgehead atoms. The van der Waals surface area contributed by atoms with Crippen molar-refractivity contribution in [3.05, 3.63) is 35.4 Å². The predicted molar refractivity (Wildman–Crippen MR) is 71.1 cm³/mol. The first kappa shape index (κ1) is 12.6. The fourth-order valence-corrected chi connectivity index (χ4v) is 2.50. The lowest BCUT2D eigenvalue weighted by Crippen LogP contribution is -2.22. The van der Waals surface area contributed by atoms with E-state index in [0.717, 1.165) is 25.7 Å². The van der Waals surface area contributed by atoms with E-state index in [1.807, 2.05) is 0 Å². The Morgan fingerprint density at radius 2 is 2.24 bits per heavy atom. The van der Waals surface area contributed by atoms with Crippen LogP contribution in [0.15, 0.2) is 24.3 Å². The monoisotopic (exact) mass is 233 g/mol. The summed E-state index contributed by atoms with van der Waals surface area (Å²) in [4.78, 5) is 0. The summed E-state index contributed by atoms with van der Waals surface area (Å²) >= 11 is 0. The molecule has 1 saturated heterocycles. The Morgan fingerprint density at radius 1 is 1.41 bits per heavy atom. The van der Waals surface area contributed by atoms with Gasteiger partial charge in [-0.1, -0.05) is 24.3 Å². The molecule has 1 aromatic rings. The van der Waals surface area contributed by atoms with E-state index in [2.05, 4.69) is 43.4 Å². The second-order valence-electron chi connectivity index (χ2n) is 5.05. The molecule has 2 atom stereocenters. The normalized spacial score (nSPS) is 21.6. The standard InChI is InChI=1S/C15H23NO/c1-12-5-3-4-6-15(12)13(2)16-9-7-14-8-10-17-11-14/h3-6,13-14,16H,7-11H2,1-2H3. The Balaban J connectivity index is 1.77. The number of aryl methyl sites for hydroxylation is 1. The van der Waals surface area contributed by atoms with Gasteiger partial charge in [0.15, 0.2) is 0 Å². The number of rotatable bonds is 5. The molecule has 0 spiro atoms. The molecular weight excluding hydrogens is 210 g/mol. The van der Waals surface area contributed by atoms with Gasteiger partial charge in [-0.2, -0.15) is 0 Å². The molecule has 94 valence electrons. The third-order valence-corrected chi connectivity index (χ3v) is 3.68. The zero-order chi connectivity index (χ0) is 12.1. The number of benzene rings is 1. The second kappa shape index (κ2) is 6.18. The van der Waals surface area contributed by atoms with Gasteiger partial charge < -0.3 is 10.1 Å². The van der Waals surface area contributed by atoms with Crippen LogP contribution in [0.25, 0.3) is 0 Å². The number of nitrogens with one attached hydrogen (secondary N) is 1. The van der Waals surface area contributed by atoms with Crippen molar-refractivity contribution in [3.8, 4) is 0 Å². The van der Waals surface area contributed by atoms with E-state index in [4.69, 9.17) is 4.74 Å². The van der Waals surface area contributed by atoms with Crippen LogP contribution in [0, 0.1) is 12.8 Å². The summed E-state index contributed by atoms with van der Waals surface area (Å²) in [5.74, 6) is 0.770. The van der Waals surface area contributed by atoms with E-state index in [1.165, 1.54) is 24.0 Å². The molecule has 1 fully saturated rings. The lowest BCUT2D eigenvalue weighted by atomic mass is 10.0. The van der Waals surface area contributed by atoms with Crippen molar-refractivity contribution >= 4 is 0 Å². The van der Waals surface area contributed by atoms with E-state index in [-0.39, 0.29) is 0 Å². The van der Waals surface area contributed by atoms with Crippen LogP contribution in [-0.2, 0) is 4.74 Å². The third kappa shape index (κ3) is 3.55. The van der Waals surface area contributed by atoms with Gasteiger partial charge in [0.1, 0.15) is 0 Å². The van der Waals surface area contributed by atoms with Crippen molar-refractivity contribution in [1.82, 2.24) is 5.32 Å². The van der Waals surface area contributed by atoms with Crippen LogP contribution in [0.4, 0.5) is 0 Å². The maximum atomic E-state index is 5.39. The fourth-order valence-electron chi connectivity index (χ4n) is 2.50. The summed E-state index contributed by atoms with van der Waals surface area (Å²) < 4.78 is 5.39. The van der Waals surface area contributed by atoms with Crippen molar-refractivity contribution in [3.63, 3.8) is 0 Å². The molecule has 0 aliphatic carbocycles. The van der Waals surface area contributed by atoms with E-state index in [9.17, 15) is 0 Å². The van der Waals surface area contributed by atoms with Crippen LogP contribution >= 0.6 is 0 Å². The minimum absolute atomic E-state index is 0.443. The summed E-state index contributed by atoms with van der Waals surface area (Å²) in [6, 6.07) is 9.05. The predicted octanol–water partition coefficient (Wildman–Crippen LogP) is 3.07. The number of ether oxygens (including phenoxy) is 1. The lowest BCUT2D eigenvalue weighted by molar-refractivity contribution is 0.184. The van der Waals surface area contributed by atoms with E-state index in [0.29, 0.717) is 6.04 Å². The summed E-state index contributed by atoms with van der Waals surface area (Å²) in [7, 11) is 0. The van der Waals surface area contributed by atoms with Crippen LogP contribution in [0.5, 0.6) is 0 Å². The van der Waals surface area contributed by atoms with Gasteiger partial charge >= 0.3 is 0 Å². The third-order valence-electron chi connectivity index (χ3n) is 3.68. The first-order valence-electron chi connectivity index (χ1n) is 6.64. The van der Waals surface area contributed by atoms with Crippen molar-refractivity contribution in [2.24, 2.45) is 5.92 Å². The van der Waals surface area contributed by atoms with Gasteiger partial charge in [-0.15, -0.1) is 0 Å². The van der Waals surface area contributed by atoms with Crippen molar-refractivity contribution in [2.75, 3.05) is 19.8 Å². The molecule has 2 unspecified atom stereocenters. The minimum atomic E-state index is 0.443. The van der Waals surface area contributed by atoms with Gasteiger partial charge in [0.05, 0.1) is 0 Å². The summed E-state index contributed by atoms with van der Waals surface area (Å²) in [5, 5.41) is 3.61. The van der Waals surface area contributed by atoms with Gasteiger partial charge in [-0.25, -0.2) is 0 Å². The van der Waals surface area contributed by atoms with Gasteiger partial charge in [-0.3, -0.25) is 0 Å². The Bertz CT molecular complexity index is 345. The Morgan fingerprint density at radius 3 is 2.94 bits per heavy atom. The van der Waals surface area contributed by atoms with Crippen LogP contribution in [0.3, 0.4) is 0 Å². The Kier molecular flexibility index (Phi) is 4.57. The molecule has 0 aromatic heterocycles. The molecule has 1 aliphatic heterocycles. The Labute approximate surface area is 104 Å². The van der Waals surface area contributed by atoms with Gasteiger partial charge in [0.25, 0.3) is 0 Å². The average Bonchev–Trinajstić information content (AvgIpc) is 2.82. The first-order chi connectivity index (χ1) is 8.27. The molecule has 0 radical (unpaired) electrons. The van der Waals surface area contributed by atoms with Gasteiger partial charge in [0, 0.05) is 19.3 Å². The number of hydrogen-bond acceptors (Lipinski definition) is 2. The second-order valence-corrected chi connectivity index (χ2v) is 5.05. The van der Waals surface area contributed by atoms with Crippen LogP contribution < -0.4 is 5.32 Å². The van der Waals surface area contributed by atoms with Gasteiger partial charge in [0.2, 0.25) is 0 Å². The van der Waals surface area contributed by atoms with Crippen LogP contribution in [0.2, 0.25) is 0 Å². The minimum Gasteiger partial charge on any atom is -0.381 e. The lowest BCUT2D eigenvalue weighted by Gasteiger charge is -2.17. The zero-order valence-corrected chi connectivity index (χ0v) is 10.9. The van der Waals surface area contributed by atoms with Crippen molar-refractivity contribution in [2.45, 2.75) is 32.7 Å². The largest absolute Gasteiger partial charge is 0.381 e. The molecule has 17 heavy (non-hydrogen) atoms. The zero-order valence-electron chi connectivity index (χ0n) is 10.9. The quantitative estimate of drug-likeness (QED) is 0.844. The maximum Gasteiger partial charge on any atom is 0.0495 e. The maximum absolute atomic E-state index is 5.39. The molecule has 2 rings (SSSR count). The van der Waals surface area contributed by atoms with Crippen LogP contribution in [0.1, 0.15) is 36.9 Å². The van der Waals surface area contributed by atoms with Gasteiger partial charge in [-0.05, 0) is 50.3 Å².